The first-order valence-electron chi connectivity index (χ1n) is 7.79. The van der Waals surface area contributed by atoms with E-state index in [0.717, 1.165) is 11.9 Å². The highest BCUT2D eigenvalue weighted by molar-refractivity contribution is 7.99. The zero-order valence-electron chi connectivity index (χ0n) is 14.3. The van der Waals surface area contributed by atoms with Crippen molar-refractivity contribution in [3.8, 4) is 5.75 Å². The van der Waals surface area contributed by atoms with Crippen molar-refractivity contribution in [1.82, 2.24) is 9.97 Å². The number of ether oxygens (including phenoxy) is 1. The van der Waals surface area contributed by atoms with Crippen LogP contribution in [0.5, 0.6) is 5.75 Å². The Kier molecular flexibility index (Phi) is 5.75. The maximum absolute atomic E-state index is 14.2. The number of hydrogen-bond acceptors (Lipinski definition) is 7. The van der Waals surface area contributed by atoms with Gasteiger partial charge in [0.1, 0.15) is 5.75 Å². The largest absolute Gasteiger partial charge is 0.495 e. The van der Waals surface area contributed by atoms with Gasteiger partial charge < -0.3 is 20.1 Å². The molecule has 3 rings (SSSR count). The van der Waals surface area contributed by atoms with Gasteiger partial charge in [-0.1, -0.05) is 36.2 Å². The maximum Gasteiger partial charge on any atom is 0.229 e. The van der Waals surface area contributed by atoms with Crippen LogP contribution in [0, 0.1) is 5.82 Å². The summed E-state index contributed by atoms with van der Waals surface area (Å²) < 4.78 is 22.6. The van der Waals surface area contributed by atoms with Crippen LogP contribution in [-0.2, 0) is 0 Å². The van der Waals surface area contributed by atoms with E-state index in [2.05, 4.69) is 25.3 Å². The molecule has 6 nitrogen and oxygen atoms in total. The molecule has 3 N–H and O–H groups in total. The van der Waals surface area contributed by atoms with Gasteiger partial charge in [-0.3, -0.25) is 0 Å². The quantitative estimate of drug-likeness (QED) is 0.515. The van der Waals surface area contributed by atoms with Crippen LogP contribution >= 0.6 is 11.9 Å². The Balaban J connectivity index is 1.87. The molecule has 3 aromatic rings. The van der Waals surface area contributed by atoms with Crippen LogP contribution < -0.4 is 20.1 Å². The van der Waals surface area contributed by atoms with Crippen LogP contribution in [0.15, 0.2) is 54.7 Å². The minimum atomic E-state index is -0.547. The molecule has 1 heterocycles. The summed E-state index contributed by atoms with van der Waals surface area (Å²) >= 11 is 1.45. The Bertz CT molecular complexity index is 893. The topological polar surface area (TPSA) is 71.1 Å². The molecule has 0 unspecified atom stereocenters. The van der Waals surface area contributed by atoms with Crippen LogP contribution in [0.4, 0.5) is 33.2 Å². The molecular weight excluding hydrogens is 353 g/mol. The molecule has 1 aromatic heterocycles. The molecule has 0 amide bonds. The van der Waals surface area contributed by atoms with Gasteiger partial charge in [0.05, 0.1) is 30.4 Å². The first-order chi connectivity index (χ1) is 12.7. The van der Waals surface area contributed by atoms with E-state index in [1.807, 2.05) is 54.8 Å². The molecule has 0 saturated heterocycles. The van der Waals surface area contributed by atoms with E-state index in [0.29, 0.717) is 17.1 Å². The molecule has 134 valence electrons. The third kappa shape index (κ3) is 4.15. The lowest BCUT2D eigenvalue weighted by molar-refractivity contribution is 0.417. The molecule has 0 aliphatic carbocycles. The first-order valence-corrected chi connectivity index (χ1v) is 9.01. The van der Waals surface area contributed by atoms with Crippen LogP contribution in [0.3, 0.4) is 0 Å². The highest BCUT2D eigenvalue weighted by Gasteiger charge is 2.11. The Morgan fingerprint density at radius 1 is 0.962 bits per heavy atom. The number of aromatic nitrogens is 2. The standard InChI is InChI=1S/C18H18FN5OS/c1-25-16-10-6-5-9-15(16)22-18-20-11-12(19)17(23-18)21-13-7-3-4-8-14(13)24-26-2/h3-11,24H,1-2H3,(H2,20,21,22,23). The van der Waals surface area contributed by atoms with Crippen LogP contribution in [0.2, 0.25) is 0 Å². The van der Waals surface area contributed by atoms with E-state index in [-0.39, 0.29) is 11.8 Å². The summed E-state index contributed by atoms with van der Waals surface area (Å²) in [5.41, 5.74) is 2.23. The minimum Gasteiger partial charge on any atom is -0.495 e. The van der Waals surface area contributed by atoms with Crippen molar-refractivity contribution in [2.75, 3.05) is 28.7 Å². The summed E-state index contributed by atoms with van der Waals surface area (Å²) in [6.07, 6.45) is 3.04. The number of anilines is 5. The fourth-order valence-corrected chi connectivity index (χ4v) is 2.70. The lowest BCUT2D eigenvalue weighted by Crippen LogP contribution is -2.05. The molecule has 0 spiro atoms. The van der Waals surface area contributed by atoms with Crippen molar-refractivity contribution in [2.45, 2.75) is 0 Å². The van der Waals surface area contributed by atoms with Crippen molar-refractivity contribution >= 4 is 40.8 Å². The van der Waals surface area contributed by atoms with Gasteiger partial charge in [-0.25, -0.2) is 9.37 Å². The zero-order valence-corrected chi connectivity index (χ0v) is 15.1. The predicted octanol–water partition coefficient (Wildman–Crippen LogP) is 4.80. The Hall–Kier alpha value is -3.00. The van der Waals surface area contributed by atoms with E-state index in [4.69, 9.17) is 4.74 Å². The molecule has 26 heavy (non-hydrogen) atoms. The molecule has 0 aliphatic heterocycles. The van der Waals surface area contributed by atoms with Crippen LogP contribution in [0.1, 0.15) is 0 Å². The van der Waals surface area contributed by atoms with Crippen molar-refractivity contribution in [3.63, 3.8) is 0 Å². The van der Waals surface area contributed by atoms with E-state index < -0.39 is 5.82 Å². The Morgan fingerprint density at radius 2 is 1.65 bits per heavy atom. The number of hydrogen-bond donors (Lipinski definition) is 3. The van der Waals surface area contributed by atoms with Crippen molar-refractivity contribution in [2.24, 2.45) is 0 Å². The smallest absolute Gasteiger partial charge is 0.229 e. The first kappa shape index (κ1) is 17.8. The van der Waals surface area contributed by atoms with E-state index in [1.54, 1.807) is 7.11 Å². The van der Waals surface area contributed by atoms with Gasteiger partial charge in [0, 0.05) is 6.26 Å². The Labute approximate surface area is 155 Å². The van der Waals surface area contributed by atoms with Gasteiger partial charge in [-0.2, -0.15) is 4.98 Å². The summed E-state index contributed by atoms with van der Waals surface area (Å²) in [6.45, 7) is 0. The number of rotatable bonds is 7. The van der Waals surface area contributed by atoms with Gasteiger partial charge >= 0.3 is 0 Å². The van der Waals surface area contributed by atoms with Gasteiger partial charge in [0.25, 0.3) is 0 Å². The Morgan fingerprint density at radius 3 is 2.38 bits per heavy atom. The molecule has 0 radical (unpaired) electrons. The minimum absolute atomic E-state index is 0.0766. The number of nitrogens with one attached hydrogen (secondary N) is 3. The molecule has 0 saturated carbocycles. The van der Waals surface area contributed by atoms with E-state index >= 15 is 0 Å². The molecule has 0 fully saturated rings. The maximum atomic E-state index is 14.2. The van der Waals surface area contributed by atoms with Gasteiger partial charge in [0.2, 0.25) is 5.95 Å². The summed E-state index contributed by atoms with van der Waals surface area (Å²) in [5.74, 6) is 0.431. The average molecular weight is 371 g/mol. The number of halogens is 1. The van der Waals surface area contributed by atoms with Gasteiger partial charge in [-0.05, 0) is 24.3 Å². The van der Waals surface area contributed by atoms with Gasteiger partial charge in [0.15, 0.2) is 11.6 Å². The second-order valence-electron chi connectivity index (χ2n) is 5.19. The summed E-state index contributed by atoms with van der Waals surface area (Å²) in [6, 6.07) is 14.9. The third-order valence-corrected chi connectivity index (χ3v) is 3.91. The molecule has 0 aliphatic rings. The number of benzene rings is 2. The number of para-hydroxylation sites is 4. The number of nitrogens with zero attached hydrogens (tertiary/aromatic N) is 2. The molecule has 0 atom stereocenters. The van der Waals surface area contributed by atoms with Crippen molar-refractivity contribution in [3.05, 3.63) is 60.5 Å². The fraction of sp³-hybridized carbons (Fsp3) is 0.111. The average Bonchev–Trinajstić information content (AvgIpc) is 2.66. The molecule has 0 bridgehead atoms. The third-order valence-electron chi connectivity index (χ3n) is 3.49. The highest BCUT2D eigenvalue weighted by Crippen LogP contribution is 2.29. The molecule has 8 heteroatoms. The molecular formula is C18H18FN5OS. The molecule has 2 aromatic carbocycles. The van der Waals surface area contributed by atoms with Crippen molar-refractivity contribution in [1.29, 1.82) is 0 Å². The predicted molar refractivity (Wildman–Crippen MR) is 105 cm³/mol. The van der Waals surface area contributed by atoms with Crippen LogP contribution in [0.25, 0.3) is 0 Å². The van der Waals surface area contributed by atoms with E-state index in [1.165, 1.54) is 11.9 Å². The second-order valence-corrected chi connectivity index (χ2v) is 5.80. The summed E-state index contributed by atoms with van der Waals surface area (Å²) in [4.78, 5) is 8.24. The SMILES string of the molecule is COc1ccccc1Nc1ncc(F)c(Nc2ccccc2NSC)n1. The summed E-state index contributed by atoms with van der Waals surface area (Å²) in [7, 11) is 1.58. The zero-order chi connectivity index (χ0) is 18.4. The normalized spacial score (nSPS) is 10.3. The summed E-state index contributed by atoms with van der Waals surface area (Å²) in [5, 5.41) is 6.05. The number of methoxy groups -OCH3 is 1. The monoisotopic (exact) mass is 371 g/mol. The fourth-order valence-electron chi connectivity index (χ4n) is 2.30. The highest BCUT2D eigenvalue weighted by atomic mass is 32.2. The van der Waals surface area contributed by atoms with Crippen molar-refractivity contribution < 1.29 is 9.13 Å². The second kappa shape index (κ2) is 8.39. The lowest BCUT2D eigenvalue weighted by atomic mass is 10.2. The van der Waals surface area contributed by atoms with Crippen LogP contribution in [-0.4, -0.2) is 23.3 Å². The lowest BCUT2D eigenvalue weighted by Gasteiger charge is -2.14. The van der Waals surface area contributed by atoms with E-state index in [9.17, 15) is 4.39 Å². The van der Waals surface area contributed by atoms with Gasteiger partial charge in [-0.15, -0.1) is 0 Å².